The second kappa shape index (κ2) is 5.63. The first kappa shape index (κ1) is 14.7. The van der Waals surface area contributed by atoms with Crippen molar-refractivity contribution in [3.8, 4) is 17.1 Å². The van der Waals surface area contributed by atoms with Crippen LogP contribution in [0.15, 0.2) is 36.8 Å². The van der Waals surface area contributed by atoms with E-state index in [0.717, 1.165) is 41.2 Å². The number of rotatable bonds is 4. The van der Waals surface area contributed by atoms with E-state index in [0.29, 0.717) is 0 Å². The van der Waals surface area contributed by atoms with E-state index in [-0.39, 0.29) is 0 Å². The molecule has 4 aromatic rings. The van der Waals surface area contributed by atoms with Crippen LogP contribution in [0.25, 0.3) is 28.2 Å². The van der Waals surface area contributed by atoms with E-state index in [1.165, 1.54) is 11.1 Å². The van der Waals surface area contributed by atoms with E-state index in [1.54, 1.807) is 6.20 Å². The van der Waals surface area contributed by atoms with Crippen LogP contribution in [0.1, 0.15) is 24.5 Å². The number of aromatic nitrogens is 6. The van der Waals surface area contributed by atoms with E-state index in [1.807, 2.05) is 27.8 Å². The van der Waals surface area contributed by atoms with Crippen LogP contribution < -0.4 is 0 Å². The molecular formula is C18H20N6. The van der Waals surface area contributed by atoms with Crippen LogP contribution in [0.2, 0.25) is 0 Å². The Balaban J connectivity index is 1.93. The zero-order chi connectivity index (χ0) is 16.7. The first-order valence-electron chi connectivity index (χ1n) is 8.20. The van der Waals surface area contributed by atoms with Gasteiger partial charge in [-0.25, -0.2) is 14.3 Å². The Hall–Kier alpha value is -2.89. The zero-order valence-corrected chi connectivity index (χ0v) is 14.1. The van der Waals surface area contributed by atoms with Crippen molar-refractivity contribution in [2.24, 2.45) is 0 Å². The number of aryl methyl sites for hydroxylation is 3. The summed E-state index contributed by atoms with van der Waals surface area (Å²) in [6.07, 6.45) is 6.62. The molecule has 0 spiro atoms. The molecule has 122 valence electrons. The molecule has 0 saturated heterocycles. The second-order valence-electron chi connectivity index (χ2n) is 6.12. The topological polar surface area (TPSA) is 64.3 Å². The molecule has 0 aliphatic carbocycles. The maximum Gasteiger partial charge on any atom is 0.176 e. The highest BCUT2D eigenvalue weighted by molar-refractivity contribution is 5.80. The van der Waals surface area contributed by atoms with Crippen LogP contribution in [-0.2, 0) is 6.54 Å². The lowest BCUT2D eigenvalue weighted by molar-refractivity contribution is 0.617. The quantitative estimate of drug-likeness (QED) is 0.624. The Kier molecular flexibility index (Phi) is 3.45. The predicted molar refractivity (Wildman–Crippen MR) is 94.2 cm³/mol. The molecule has 0 saturated carbocycles. The normalized spacial score (nSPS) is 11.5. The maximum atomic E-state index is 4.83. The van der Waals surface area contributed by atoms with Crippen molar-refractivity contribution in [3.63, 3.8) is 0 Å². The summed E-state index contributed by atoms with van der Waals surface area (Å²) in [7, 11) is 0. The number of nitrogens with zero attached hydrogens (tertiary/aromatic N) is 5. The van der Waals surface area contributed by atoms with Crippen molar-refractivity contribution in [2.45, 2.75) is 33.7 Å². The molecule has 1 N–H and O–H groups in total. The summed E-state index contributed by atoms with van der Waals surface area (Å²) in [5, 5.41) is 8.79. The van der Waals surface area contributed by atoms with Gasteiger partial charge in [0.1, 0.15) is 11.3 Å². The number of benzene rings is 1. The first-order valence-corrected chi connectivity index (χ1v) is 8.20. The SMILES string of the molecule is CCCn1ncc2[nH]c(-c3c(C)cc(C)cc3-n3cccn3)nc21. The monoisotopic (exact) mass is 320 g/mol. The Morgan fingerprint density at radius 1 is 1.17 bits per heavy atom. The second-order valence-corrected chi connectivity index (χ2v) is 6.12. The van der Waals surface area contributed by atoms with Crippen LogP contribution in [0.5, 0.6) is 0 Å². The lowest BCUT2D eigenvalue weighted by atomic mass is 10.0. The summed E-state index contributed by atoms with van der Waals surface area (Å²) in [5.41, 5.74) is 6.34. The fraction of sp³-hybridized carbons (Fsp3) is 0.278. The molecule has 6 heteroatoms. The summed E-state index contributed by atoms with van der Waals surface area (Å²) in [4.78, 5) is 8.24. The summed E-state index contributed by atoms with van der Waals surface area (Å²) >= 11 is 0. The van der Waals surface area contributed by atoms with Gasteiger partial charge in [-0.2, -0.15) is 10.2 Å². The van der Waals surface area contributed by atoms with Gasteiger partial charge in [0.05, 0.1) is 11.9 Å². The van der Waals surface area contributed by atoms with Gasteiger partial charge in [0, 0.05) is 24.5 Å². The molecule has 0 unspecified atom stereocenters. The van der Waals surface area contributed by atoms with Gasteiger partial charge in [-0.15, -0.1) is 0 Å². The molecule has 0 fully saturated rings. The highest BCUT2D eigenvalue weighted by Crippen LogP contribution is 2.30. The molecule has 0 aliphatic rings. The highest BCUT2D eigenvalue weighted by atomic mass is 15.3. The average Bonchev–Trinajstić information content (AvgIpc) is 3.24. The summed E-state index contributed by atoms with van der Waals surface area (Å²) in [5.74, 6) is 0.857. The third-order valence-electron chi connectivity index (χ3n) is 4.16. The molecule has 4 rings (SSSR count). The van der Waals surface area contributed by atoms with Crippen LogP contribution in [-0.4, -0.2) is 29.5 Å². The van der Waals surface area contributed by atoms with Gasteiger partial charge in [-0.3, -0.25) is 0 Å². The molecule has 0 bridgehead atoms. The van der Waals surface area contributed by atoms with Crippen LogP contribution >= 0.6 is 0 Å². The van der Waals surface area contributed by atoms with E-state index in [9.17, 15) is 0 Å². The maximum absolute atomic E-state index is 4.83. The van der Waals surface area contributed by atoms with Crippen LogP contribution in [0.4, 0.5) is 0 Å². The molecule has 0 amide bonds. The van der Waals surface area contributed by atoms with E-state index >= 15 is 0 Å². The van der Waals surface area contributed by atoms with Crippen LogP contribution in [0.3, 0.4) is 0 Å². The van der Waals surface area contributed by atoms with Gasteiger partial charge < -0.3 is 4.98 Å². The minimum atomic E-state index is 0.857. The van der Waals surface area contributed by atoms with Gasteiger partial charge in [-0.05, 0) is 43.5 Å². The Labute approximate surface area is 140 Å². The molecule has 0 atom stereocenters. The summed E-state index contributed by atoms with van der Waals surface area (Å²) in [6, 6.07) is 6.24. The molecule has 0 radical (unpaired) electrons. The Morgan fingerprint density at radius 3 is 2.79 bits per heavy atom. The summed E-state index contributed by atoms with van der Waals surface area (Å²) in [6.45, 7) is 7.22. The third kappa shape index (κ3) is 2.31. The molecule has 3 heterocycles. The van der Waals surface area contributed by atoms with Gasteiger partial charge in [-0.1, -0.05) is 13.0 Å². The lowest BCUT2D eigenvalue weighted by Crippen LogP contribution is -2.02. The van der Waals surface area contributed by atoms with Crippen molar-refractivity contribution < 1.29 is 0 Å². The summed E-state index contributed by atoms with van der Waals surface area (Å²) < 4.78 is 3.84. The van der Waals surface area contributed by atoms with Crippen molar-refractivity contribution in [2.75, 3.05) is 0 Å². The number of fused-ring (bicyclic) bond motifs is 1. The Morgan fingerprint density at radius 2 is 2.04 bits per heavy atom. The predicted octanol–water partition coefficient (Wildman–Crippen LogP) is 3.64. The minimum absolute atomic E-state index is 0.857. The standard InChI is InChI=1S/C18H20N6/c1-4-7-24-18-14(11-20-24)21-17(22-18)16-13(3)9-12(2)10-15(16)23-8-5-6-19-23/h5-6,8-11H,4,7H2,1-3H3,(H,21,22). The van der Waals surface area contributed by atoms with E-state index < -0.39 is 0 Å². The van der Waals surface area contributed by atoms with E-state index in [2.05, 4.69) is 48.1 Å². The third-order valence-corrected chi connectivity index (χ3v) is 4.16. The Bertz CT molecular complexity index is 990. The van der Waals surface area contributed by atoms with Crippen molar-refractivity contribution in [1.82, 2.24) is 29.5 Å². The molecule has 0 aliphatic heterocycles. The molecular weight excluding hydrogens is 300 g/mol. The number of hydrogen-bond acceptors (Lipinski definition) is 3. The zero-order valence-electron chi connectivity index (χ0n) is 14.1. The highest BCUT2D eigenvalue weighted by Gasteiger charge is 2.17. The van der Waals surface area contributed by atoms with Crippen molar-refractivity contribution >= 4 is 11.2 Å². The fourth-order valence-corrected chi connectivity index (χ4v) is 3.19. The van der Waals surface area contributed by atoms with E-state index in [4.69, 9.17) is 4.98 Å². The van der Waals surface area contributed by atoms with Gasteiger partial charge in [0.25, 0.3) is 0 Å². The van der Waals surface area contributed by atoms with Gasteiger partial charge in [0.15, 0.2) is 5.65 Å². The molecule has 6 nitrogen and oxygen atoms in total. The largest absolute Gasteiger partial charge is 0.335 e. The smallest absolute Gasteiger partial charge is 0.176 e. The first-order chi connectivity index (χ1) is 11.7. The number of aromatic amines is 1. The number of nitrogens with one attached hydrogen (secondary N) is 1. The molecule has 3 aromatic heterocycles. The lowest BCUT2D eigenvalue weighted by Gasteiger charge is -2.12. The van der Waals surface area contributed by atoms with Crippen LogP contribution in [0, 0.1) is 13.8 Å². The molecule has 1 aromatic carbocycles. The van der Waals surface area contributed by atoms with Gasteiger partial charge >= 0.3 is 0 Å². The fourth-order valence-electron chi connectivity index (χ4n) is 3.19. The van der Waals surface area contributed by atoms with Crippen molar-refractivity contribution in [3.05, 3.63) is 47.9 Å². The van der Waals surface area contributed by atoms with Gasteiger partial charge in [0.2, 0.25) is 0 Å². The molecule has 24 heavy (non-hydrogen) atoms. The van der Waals surface area contributed by atoms with Crippen molar-refractivity contribution in [1.29, 1.82) is 0 Å². The number of H-pyrrole nitrogens is 1. The minimum Gasteiger partial charge on any atom is -0.335 e. The number of hydrogen-bond donors (Lipinski definition) is 1. The average molecular weight is 320 g/mol. The number of imidazole rings is 1.